The highest BCUT2D eigenvalue weighted by atomic mass is 16.8. The van der Waals surface area contributed by atoms with E-state index in [1.807, 2.05) is 13.8 Å². The van der Waals surface area contributed by atoms with Crippen LogP contribution >= 0.6 is 0 Å². The van der Waals surface area contributed by atoms with Crippen molar-refractivity contribution in [3.63, 3.8) is 0 Å². The van der Waals surface area contributed by atoms with Crippen molar-refractivity contribution in [2.24, 2.45) is 50.2 Å². The van der Waals surface area contributed by atoms with E-state index in [2.05, 4.69) is 40.7 Å². The van der Waals surface area contributed by atoms with Gasteiger partial charge >= 0.3 is 23.9 Å². The highest BCUT2D eigenvalue weighted by molar-refractivity contribution is 5.88. The molecule has 10 aliphatic rings. The molecule has 9 fully saturated rings. The molecule has 0 aromatic carbocycles. The summed E-state index contributed by atoms with van der Waals surface area (Å²) in [6, 6.07) is 0. The Bertz CT molecular complexity index is 2800. The van der Waals surface area contributed by atoms with Crippen molar-refractivity contribution in [1.82, 2.24) is 0 Å². The van der Waals surface area contributed by atoms with Crippen molar-refractivity contribution in [2.75, 3.05) is 26.4 Å². The Hall–Kier alpha value is -3.58. The fourth-order valence-corrected chi connectivity index (χ4v) is 18.5. The minimum Gasteiger partial charge on any atom is -0.479 e. The number of esters is 3. The van der Waals surface area contributed by atoms with E-state index < -0.39 is 199 Å². The molecule has 0 aromatic heterocycles. The molecular weight excluding hydrogens is 1190 g/mol. The van der Waals surface area contributed by atoms with E-state index in [-0.39, 0.29) is 60.9 Å². The Morgan fingerprint density at radius 3 is 1.95 bits per heavy atom. The van der Waals surface area contributed by atoms with E-state index in [0.717, 1.165) is 5.57 Å². The number of hydrogen-bond acceptors (Lipinski definition) is 24. The Morgan fingerprint density at radius 2 is 1.35 bits per heavy atom. The first-order valence-electron chi connectivity index (χ1n) is 32.6. The van der Waals surface area contributed by atoms with Gasteiger partial charge in [-0.25, -0.2) is 14.4 Å². The normalized spacial score (nSPS) is 48.4. The Labute approximate surface area is 531 Å². The molecule has 5 aliphatic carbocycles. The van der Waals surface area contributed by atoms with Gasteiger partial charge in [0.2, 0.25) is 0 Å². The van der Waals surface area contributed by atoms with Crippen LogP contribution < -0.4 is 0 Å². The number of carbonyl (C=O) groups excluding carboxylic acids is 3. The number of carbonyl (C=O) groups is 4. The number of carboxylic acids is 1. The molecule has 4 saturated carbocycles. The zero-order chi connectivity index (χ0) is 66.6. The van der Waals surface area contributed by atoms with Gasteiger partial charge in [0, 0.05) is 30.9 Å². The molecule has 25 nitrogen and oxygen atoms in total. The van der Waals surface area contributed by atoms with Gasteiger partial charge in [0.05, 0.1) is 68.0 Å². The summed E-state index contributed by atoms with van der Waals surface area (Å²) in [5, 5.41) is 103. The van der Waals surface area contributed by atoms with Crippen LogP contribution in [0.4, 0.5) is 0 Å². The molecule has 5 aliphatic heterocycles. The van der Waals surface area contributed by atoms with Gasteiger partial charge in [-0.05, 0) is 124 Å². The van der Waals surface area contributed by atoms with Crippen molar-refractivity contribution >= 4 is 23.9 Å². The van der Waals surface area contributed by atoms with Crippen molar-refractivity contribution < 1.29 is 122 Å². The lowest BCUT2D eigenvalue weighted by atomic mass is 9.33. The molecular formula is C66H100O25. The molecule has 28 atom stereocenters. The van der Waals surface area contributed by atoms with Crippen LogP contribution in [0.2, 0.25) is 0 Å². The summed E-state index contributed by atoms with van der Waals surface area (Å²) in [7, 11) is 0. The summed E-state index contributed by atoms with van der Waals surface area (Å²) in [6.45, 7) is 22.6. The first kappa shape index (κ1) is 70.2. The van der Waals surface area contributed by atoms with E-state index in [0.29, 0.717) is 38.5 Å². The average Bonchev–Trinajstić information content (AvgIpc) is 1.67. The Morgan fingerprint density at radius 1 is 0.703 bits per heavy atom. The fourth-order valence-electron chi connectivity index (χ4n) is 18.5. The van der Waals surface area contributed by atoms with Gasteiger partial charge < -0.3 is 103 Å². The predicted octanol–water partition coefficient (Wildman–Crippen LogP) is 3.18. The molecule has 0 aromatic rings. The maximum absolute atomic E-state index is 13.4. The van der Waals surface area contributed by atoms with Crippen LogP contribution in [-0.4, -0.2) is 225 Å². The van der Waals surface area contributed by atoms with Gasteiger partial charge in [0.25, 0.3) is 0 Å². The standard InChI is InChI=1S/C66H100O25/c1-14-30(3)54(78)86-46-32(5)82-58(45(74)47(46)87-55(79)31(4)15-2)89-51-49(75)65(28-80-33(6)69)36(24-60(51,7)8)35-16-17-42-62(11)20-19-44(61(9,10)41(62)18-21-63(42,12)64(35,13)25-43(65)73)85-59-52(90-56-39(72)23-37(70)40(27-68)84-56)66(29-81-50(66)48(88-59)53(76)77)91-57-38(71)22-34(26-67)83-57/h14-16,32,34,36-52,56-59,67-68,70-75H,17-29H2,1-13H3,(H,76,77). The minimum absolute atomic E-state index is 0.0149. The molecule has 25 heteroatoms. The van der Waals surface area contributed by atoms with E-state index in [4.69, 9.17) is 56.8 Å². The molecule has 0 amide bonds. The summed E-state index contributed by atoms with van der Waals surface area (Å²) in [4.78, 5) is 52.7. The molecule has 514 valence electrons. The van der Waals surface area contributed by atoms with Crippen molar-refractivity contribution in [3.8, 4) is 0 Å². The molecule has 0 spiro atoms. The van der Waals surface area contributed by atoms with Crippen LogP contribution in [0, 0.1) is 50.2 Å². The number of aliphatic hydroxyl groups excluding tert-OH is 8. The van der Waals surface area contributed by atoms with E-state index in [9.17, 15) is 65.1 Å². The summed E-state index contributed by atoms with van der Waals surface area (Å²) in [5.74, 6) is -4.04. The van der Waals surface area contributed by atoms with Gasteiger partial charge in [0.15, 0.2) is 49.1 Å². The third-order valence-corrected chi connectivity index (χ3v) is 24.1. The lowest BCUT2D eigenvalue weighted by Gasteiger charge is -2.72. The fraction of sp³-hybridized carbons (Fsp3) is 0.848. The predicted molar refractivity (Wildman–Crippen MR) is 316 cm³/mol. The number of hydrogen-bond donors (Lipinski definition) is 9. The average molecular weight is 1290 g/mol. The topological polar surface area (TPSA) is 361 Å². The SMILES string of the molecule is CC=C(C)C(=O)OC1C(C)OC(OC2C(O)C3(COC(C)=O)C(O)CC4(C)C(=CCC5C6(C)CCC(OC7OC(C(=O)O)C8OCC8(OC8OC(CO)CC8O)C7OC7OC(CO)C(O)CC7O)C(C)(C)C6CCC54C)C3CC2(C)C)C(O)C1OC(=O)C(C)=CC. The van der Waals surface area contributed by atoms with Crippen molar-refractivity contribution in [3.05, 3.63) is 34.9 Å². The van der Waals surface area contributed by atoms with Crippen LogP contribution in [-0.2, 0) is 76.0 Å². The van der Waals surface area contributed by atoms with Crippen molar-refractivity contribution in [2.45, 2.75) is 276 Å². The highest BCUT2D eigenvalue weighted by Gasteiger charge is 2.75. The molecule has 28 unspecified atom stereocenters. The van der Waals surface area contributed by atoms with Crippen LogP contribution in [0.3, 0.4) is 0 Å². The summed E-state index contributed by atoms with van der Waals surface area (Å²) in [6.07, 6.45) is -17.6. The monoisotopic (exact) mass is 1290 g/mol. The number of carboxylic acid groups (broad SMARTS) is 1. The van der Waals surface area contributed by atoms with Crippen molar-refractivity contribution in [1.29, 1.82) is 0 Å². The van der Waals surface area contributed by atoms with Crippen LogP contribution in [0.5, 0.6) is 0 Å². The summed E-state index contributed by atoms with van der Waals surface area (Å²) < 4.78 is 75.2. The number of ether oxygens (including phenoxy) is 12. The maximum atomic E-state index is 13.4. The summed E-state index contributed by atoms with van der Waals surface area (Å²) in [5.41, 5.74) is -4.85. The lowest BCUT2D eigenvalue weighted by molar-refractivity contribution is -0.447. The number of rotatable bonds is 17. The first-order valence-corrected chi connectivity index (χ1v) is 32.6. The number of aliphatic hydroxyl groups is 8. The van der Waals surface area contributed by atoms with E-state index in [1.54, 1.807) is 46.8 Å². The smallest absolute Gasteiger partial charge is 0.335 e. The molecule has 0 radical (unpaired) electrons. The molecule has 0 bridgehead atoms. The third-order valence-electron chi connectivity index (χ3n) is 24.1. The number of aliphatic carboxylic acids is 1. The Kier molecular flexibility index (Phi) is 19.9. The van der Waals surface area contributed by atoms with Crippen LogP contribution in [0.15, 0.2) is 34.9 Å². The number of fused-ring (bicyclic) bond motifs is 8. The lowest BCUT2D eigenvalue weighted by Crippen LogP contribution is -2.80. The van der Waals surface area contributed by atoms with Gasteiger partial charge in [-0.1, -0.05) is 72.3 Å². The van der Waals surface area contributed by atoms with E-state index >= 15 is 0 Å². The van der Waals surface area contributed by atoms with Gasteiger partial charge in [-0.2, -0.15) is 0 Å². The summed E-state index contributed by atoms with van der Waals surface area (Å²) >= 11 is 0. The zero-order valence-corrected chi connectivity index (χ0v) is 54.8. The van der Waals surface area contributed by atoms with Gasteiger partial charge in [-0.15, -0.1) is 0 Å². The molecule has 5 heterocycles. The second-order valence-corrected chi connectivity index (χ2v) is 29.9. The van der Waals surface area contributed by atoms with Crippen LogP contribution in [0.1, 0.15) is 148 Å². The number of allylic oxidation sites excluding steroid dienone is 4. The quantitative estimate of drug-likeness (QED) is 0.0332. The second-order valence-electron chi connectivity index (χ2n) is 29.9. The third kappa shape index (κ3) is 11.7. The molecule has 5 saturated heterocycles. The molecule has 9 N–H and O–H groups in total. The van der Waals surface area contributed by atoms with Crippen LogP contribution in [0.25, 0.3) is 0 Å². The van der Waals surface area contributed by atoms with Gasteiger partial charge in [-0.3, -0.25) is 4.79 Å². The largest absolute Gasteiger partial charge is 0.479 e. The molecule has 91 heavy (non-hydrogen) atoms. The molecule has 10 rings (SSSR count). The highest BCUT2D eigenvalue weighted by Crippen LogP contribution is 2.76. The minimum atomic E-state index is -1.76. The second kappa shape index (κ2) is 25.8. The van der Waals surface area contributed by atoms with Gasteiger partial charge in [0.1, 0.15) is 43.2 Å². The van der Waals surface area contributed by atoms with E-state index in [1.165, 1.54) is 6.92 Å². The zero-order valence-electron chi connectivity index (χ0n) is 54.8. The maximum Gasteiger partial charge on any atom is 0.335 e. The first-order chi connectivity index (χ1) is 42.6. The Balaban J connectivity index is 0.938.